The van der Waals surface area contributed by atoms with Crippen LogP contribution in [0, 0.1) is 5.92 Å². The van der Waals surface area contributed by atoms with Gasteiger partial charge in [0.15, 0.2) is 0 Å². The molecule has 1 saturated heterocycles. The van der Waals surface area contributed by atoms with Crippen molar-refractivity contribution in [3.8, 4) is 0 Å². The molecule has 1 aliphatic heterocycles. The van der Waals surface area contributed by atoms with Gasteiger partial charge in [0.05, 0.1) is 5.92 Å². The highest BCUT2D eigenvalue weighted by molar-refractivity contribution is 5.80. The number of hydrogen-bond donors (Lipinski definition) is 1. The van der Waals surface area contributed by atoms with Gasteiger partial charge in [0, 0.05) is 19.5 Å². The maximum absolute atomic E-state index is 11.3. The standard InChI is InChI=1S/C9H15NO3/c1-2-5-10-6-7(9(12)13)3-4-8(10)11/h7H,2-6H2,1H3,(H,12,13)/t7-/m0/s1. The SMILES string of the molecule is CCCN1C[C@@H](C(=O)O)CCC1=O. The Bertz CT molecular complexity index is 215. The summed E-state index contributed by atoms with van der Waals surface area (Å²) in [5.74, 6) is -1.04. The summed E-state index contributed by atoms with van der Waals surface area (Å²) in [6.07, 6.45) is 1.77. The predicted molar refractivity (Wildman–Crippen MR) is 47.2 cm³/mol. The van der Waals surface area contributed by atoms with Crippen molar-refractivity contribution in [3.63, 3.8) is 0 Å². The third-order valence-corrected chi connectivity index (χ3v) is 2.34. The van der Waals surface area contributed by atoms with Gasteiger partial charge in [0.2, 0.25) is 5.91 Å². The molecule has 1 aliphatic rings. The highest BCUT2D eigenvalue weighted by atomic mass is 16.4. The van der Waals surface area contributed by atoms with E-state index in [1.54, 1.807) is 4.90 Å². The summed E-state index contributed by atoms with van der Waals surface area (Å²) < 4.78 is 0. The molecule has 0 saturated carbocycles. The average Bonchev–Trinajstić information content (AvgIpc) is 2.08. The fourth-order valence-corrected chi connectivity index (χ4v) is 1.60. The van der Waals surface area contributed by atoms with E-state index in [-0.39, 0.29) is 11.8 Å². The first-order chi connectivity index (χ1) is 6.15. The largest absolute Gasteiger partial charge is 0.481 e. The molecular formula is C9H15NO3. The van der Waals surface area contributed by atoms with E-state index < -0.39 is 5.97 Å². The number of nitrogens with zero attached hydrogens (tertiary/aromatic N) is 1. The quantitative estimate of drug-likeness (QED) is 0.704. The van der Waals surface area contributed by atoms with Crippen molar-refractivity contribution in [1.29, 1.82) is 0 Å². The van der Waals surface area contributed by atoms with Crippen LogP contribution in [0.2, 0.25) is 0 Å². The van der Waals surface area contributed by atoms with E-state index in [1.165, 1.54) is 0 Å². The average molecular weight is 185 g/mol. The van der Waals surface area contributed by atoms with Crippen molar-refractivity contribution in [1.82, 2.24) is 4.90 Å². The molecule has 1 amide bonds. The minimum Gasteiger partial charge on any atom is -0.481 e. The summed E-state index contributed by atoms with van der Waals surface area (Å²) in [6, 6.07) is 0. The first kappa shape index (κ1) is 10.0. The minimum atomic E-state index is -0.784. The van der Waals surface area contributed by atoms with E-state index in [2.05, 4.69) is 0 Å². The Morgan fingerprint density at radius 1 is 1.69 bits per heavy atom. The van der Waals surface area contributed by atoms with Crippen LogP contribution in [0.1, 0.15) is 26.2 Å². The van der Waals surface area contributed by atoms with E-state index in [9.17, 15) is 9.59 Å². The fourth-order valence-electron chi connectivity index (χ4n) is 1.60. The molecule has 0 aromatic rings. The van der Waals surface area contributed by atoms with Crippen LogP contribution < -0.4 is 0 Å². The first-order valence-corrected chi connectivity index (χ1v) is 4.65. The monoisotopic (exact) mass is 185 g/mol. The van der Waals surface area contributed by atoms with Crippen molar-refractivity contribution in [3.05, 3.63) is 0 Å². The van der Waals surface area contributed by atoms with Crippen molar-refractivity contribution in [2.45, 2.75) is 26.2 Å². The van der Waals surface area contributed by atoms with E-state index in [1.807, 2.05) is 6.92 Å². The molecule has 4 nitrogen and oxygen atoms in total. The molecule has 0 aromatic carbocycles. The second-order valence-corrected chi connectivity index (χ2v) is 3.41. The van der Waals surface area contributed by atoms with Crippen LogP contribution in [0.3, 0.4) is 0 Å². The number of carbonyl (C=O) groups is 2. The smallest absolute Gasteiger partial charge is 0.308 e. The molecular weight excluding hydrogens is 170 g/mol. The molecule has 1 rings (SSSR count). The number of carbonyl (C=O) groups excluding carboxylic acids is 1. The zero-order chi connectivity index (χ0) is 9.84. The summed E-state index contributed by atoms with van der Waals surface area (Å²) in [5, 5.41) is 8.77. The minimum absolute atomic E-state index is 0.0966. The van der Waals surface area contributed by atoms with Crippen LogP contribution >= 0.6 is 0 Å². The summed E-state index contributed by atoms with van der Waals surface area (Å²) in [7, 11) is 0. The van der Waals surface area contributed by atoms with Crippen molar-refractivity contribution >= 4 is 11.9 Å². The number of piperidine rings is 1. The second kappa shape index (κ2) is 4.25. The van der Waals surface area contributed by atoms with Crippen LogP contribution in [0.4, 0.5) is 0 Å². The molecule has 1 N–H and O–H groups in total. The Morgan fingerprint density at radius 2 is 2.38 bits per heavy atom. The van der Waals surface area contributed by atoms with Gasteiger partial charge in [0.1, 0.15) is 0 Å². The molecule has 1 atom stereocenters. The lowest BCUT2D eigenvalue weighted by Crippen LogP contribution is -2.42. The molecule has 0 aromatic heterocycles. The number of rotatable bonds is 3. The maximum atomic E-state index is 11.3. The Hall–Kier alpha value is -1.06. The van der Waals surface area contributed by atoms with Crippen LogP contribution in [0.25, 0.3) is 0 Å². The van der Waals surface area contributed by atoms with Gasteiger partial charge in [-0.2, -0.15) is 0 Å². The van der Waals surface area contributed by atoms with Crippen molar-refractivity contribution < 1.29 is 14.7 Å². The lowest BCUT2D eigenvalue weighted by atomic mass is 9.98. The zero-order valence-electron chi connectivity index (χ0n) is 7.82. The van der Waals surface area contributed by atoms with Crippen LogP contribution in [0.15, 0.2) is 0 Å². The number of carboxylic acid groups (broad SMARTS) is 1. The van der Waals surface area contributed by atoms with Gasteiger partial charge in [-0.05, 0) is 12.8 Å². The van der Waals surface area contributed by atoms with Crippen molar-refractivity contribution in [2.75, 3.05) is 13.1 Å². The van der Waals surface area contributed by atoms with Gasteiger partial charge in [-0.3, -0.25) is 9.59 Å². The number of aliphatic carboxylic acids is 1. The lowest BCUT2D eigenvalue weighted by Gasteiger charge is -2.30. The molecule has 74 valence electrons. The van der Waals surface area contributed by atoms with E-state index >= 15 is 0 Å². The van der Waals surface area contributed by atoms with Crippen LogP contribution in [0.5, 0.6) is 0 Å². The second-order valence-electron chi connectivity index (χ2n) is 3.41. The summed E-state index contributed by atoms with van der Waals surface area (Å²) >= 11 is 0. The molecule has 4 heteroatoms. The molecule has 0 bridgehead atoms. The van der Waals surface area contributed by atoms with Gasteiger partial charge in [-0.1, -0.05) is 6.92 Å². The number of carboxylic acids is 1. The van der Waals surface area contributed by atoms with Crippen LogP contribution in [-0.4, -0.2) is 35.0 Å². The predicted octanol–water partition coefficient (Wildman–Crippen LogP) is 0.720. The van der Waals surface area contributed by atoms with E-state index in [0.717, 1.165) is 6.42 Å². The topological polar surface area (TPSA) is 57.6 Å². The molecule has 0 aliphatic carbocycles. The molecule has 13 heavy (non-hydrogen) atoms. The van der Waals surface area contributed by atoms with E-state index in [0.29, 0.717) is 25.9 Å². The summed E-state index contributed by atoms with van der Waals surface area (Å²) in [4.78, 5) is 23.6. The fraction of sp³-hybridized carbons (Fsp3) is 0.778. The summed E-state index contributed by atoms with van der Waals surface area (Å²) in [5.41, 5.74) is 0. The van der Waals surface area contributed by atoms with Gasteiger partial charge in [-0.25, -0.2) is 0 Å². The van der Waals surface area contributed by atoms with Gasteiger partial charge in [0.25, 0.3) is 0 Å². The maximum Gasteiger partial charge on any atom is 0.308 e. The molecule has 1 heterocycles. The number of amides is 1. The molecule has 0 unspecified atom stereocenters. The number of hydrogen-bond acceptors (Lipinski definition) is 2. The highest BCUT2D eigenvalue weighted by Crippen LogP contribution is 2.17. The Balaban J connectivity index is 2.52. The number of likely N-dealkylation sites (tertiary alicyclic amines) is 1. The molecule has 1 fully saturated rings. The Labute approximate surface area is 77.5 Å². The van der Waals surface area contributed by atoms with Gasteiger partial charge < -0.3 is 10.0 Å². The third-order valence-electron chi connectivity index (χ3n) is 2.34. The Morgan fingerprint density at radius 3 is 2.92 bits per heavy atom. The molecule has 0 radical (unpaired) electrons. The van der Waals surface area contributed by atoms with Gasteiger partial charge >= 0.3 is 5.97 Å². The van der Waals surface area contributed by atoms with Crippen LogP contribution in [-0.2, 0) is 9.59 Å². The Kier molecular flexibility index (Phi) is 3.28. The first-order valence-electron chi connectivity index (χ1n) is 4.65. The normalized spacial score (nSPS) is 23.3. The summed E-state index contributed by atoms with van der Waals surface area (Å²) in [6.45, 7) is 3.06. The highest BCUT2D eigenvalue weighted by Gasteiger charge is 2.29. The third kappa shape index (κ3) is 2.44. The lowest BCUT2D eigenvalue weighted by molar-refractivity contribution is -0.147. The van der Waals surface area contributed by atoms with Gasteiger partial charge in [-0.15, -0.1) is 0 Å². The van der Waals surface area contributed by atoms with Crippen molar-refractivity contribution in [2.24, 2.45) is 5.92 Å². The molecule has 0 spiro atoms. The zero-order valence-corrected chi connectivity index (χ0v) is 7.82. The van der Waals surface area contributed by atoms with E-state index in [4.69, 9.17) is 5.11 Å².